The van der Waals surface area contributed by atoms with E-state index in [0.717, 1.165) is 22.3 Å². The van der Waals surface area contributed by atoms with Gasteiger partial charge in [0, 0.05) is 37.4 Å². The van der Waals surface area contributed by atoms with Gasteiger partial charge in [-0.25, -0.2) is 4.79 Å². The van der Waals surface area contributed by atoms with Crippen LogP contribution in [0.25, 0.3) is 0 Å². The number of alkyl carbamates (subject to hydrolysis) is 1. The zero-order chi connectivity index (χ0) is 33.1. The summed E-state index contributed by atoms with van der Waals surface area (Å²) in [6.07, 6.45) is 1.45. The number of hydrogen-bond acceptors (Lipinski definition) is 7. The number of unbranched alkanes of at least 4 members (excludes halogenated alkanes) is 1. The molecule has 4 N–H and O–H groups in total. The predicted molar refractivity (Wildman–Crippen MR) is 181 cm³/mol. The molecule has 2 amide bonds. The quantitative estimate of drug-likeness (QED) is 0.0821. The van der Waals surface area contributed by atoms with Crippen molar-refractivity contribution in [3.63, 3.8) is 0 Å². The van der Waals surface area contributed by atoms with Crippen molar-refractivity contribution in [2.24, 2.45) is 5.73 Å². The number of amides is 2. The van der Waals surface area contributed by atoms with E-state index < -0.39 is 12.3 Å². The number of benzene rings is 4. The number of carbonyl (C=O) groups excluding carboxylic acids is 3. The van der Waals surface area contributed by atoms with Crippen LogP contribution in [0.4, 0.5) is 4.79 Å². The predicted octanol–water partition coefficient (Wildman–Crippen LogP) is 6.23. The van der Waals surface area contributed by atoms with Gasteiger partial charge in [-0.05, 0) is 42.0 Å². The van der Waals surface area contributed by atoms with Crippen LogP contribution < -0.4 is 25.8 Å². The fraction of sp³-hybridized carbons (Fsp3) is 0.289. The number of nitrogens with one attached hydrogen (secondary N) is 2. The van der Waals surface area contributed by atoms with Gasteiger partial charge in [-0.2, -0.15) is 0 Å². The molecule has 0 bridgehead atoms. The smallest absolute Gasteiger partial charge is 0.407 e. The molecule has 0 saturated carbocycles. The summed E-state index contributed by atoms with van der Waals surface area (Å²) in [7, 11) is 0. The third-order valence-corrected chi connectivity index (χ3v) is 7.31. The lowest BCUT2D eigenvalue weighted by atomic mass is 10.0. The van der Waals surface area contributed by atoms with E-state index in [1.54, 1.807) is 0 Å². The molecule has 0 saturated heterocycles. The van der Waals surface area contributed by atoms with Gasteiger partial charge < -0.3 is 30.6 Å². The van der Waals surface area contributed by atoms with Crippen molar-refractivity contribution in [1.82, 2.24) is 10.6 Å². The van der Waals surface area contributed by atoms with Gasteiger partial charge in [0.1, 0.15) is 37.1 Å². The summed E-state index contributed by atoms with van der Waals surface area (Å²) in [5.41, 5.74) is 9.85. The average molecular weight is 638 g/mol. The molecule has 47 heavy (non-hydrogen) atoms. The summed E-state index contributed by atoms with van der Waals surface area (Å²) in [6.45, 7) is 1.10. The van der Waals surface area contributed by atoms with Crippen LogP contribution >= 0.6 is 0 Å². The Morgan fingerprint density at radius 1 is 0.681 bits per heavy atom. The van der Waals surface area contributed by atoms with Crippen molar-refractivity contribution in [3.8, 4) is 11.5 Å². The molecule has 4 aromatic rings. The van der Waals surface area contributed by atoms with Crippen LogP contribution in [0.2, 0.25) is 0 Å². The second kappa shape index (κ2) is 19.4. The molecule has 0 aromatic heterocycles. The van der Waals surface area contributed by atoms with E-state index in [1.807, 2.05) is 109 Å². The van der Waals surface area contributed by atoms with Crippen molar-refractivity contribution >= 4 is 17.8 Å². The van der Waals surface area contributed by atoms with Crippen molar-refractivity contribution in [1.29, 1.82) is 0 Å². The minimum Gasteiger partial charge on any atom is -0.489 e. The minimum atomic E-state index is -0.585. The molecule has 246 valence electrons. The normalized spacial score (nSPS) is 11.3. The van der Waals surface area contributed by atoms with Crippen LogP contribution in [0.15, 0.2) is 109 Å². The largest absolute Gasteiger partial charge is 0.489 e. The zero-order valence-electron chi connectivity index (χ0n) is 26.6. The van der Waals surface area contributed by atoms with Gasteiger partial charge >= 0.3 is 6.09 Å². The first-order chi connectivity index (χ1) is 22.9. The molecule has 1 unspecified atom stereocenters. The molecule has 0 heterocycles. The van der Waals surface area contributed by atoms with Crippen LogP contribution in [0.1, 0.15) is 54.4 Å². The first-order valence-electron chi connectivity index (χ1n) is 15.9. The molecule has 4 rings (SSSR count). The fourth-order valence-electron chi connectivity index (χ4n) is 4.77. The van der Waals surface area contributed by atoms with Gasteiger partial charge in [0.05, 0.1) is 6.17 Å². The lowest BCUT2D eigenvalue weighted by Crippen LogP contribution is -2.42. The lowest BCUT2D eigenvalue weighted by Gasteiger charge is -2.15. The second-order valence-corrected chi connectivity index (χ2v) is 11.2. The van der Waals surface area contributed by atoms with E-state index in [0.29, 0.717) is 50.4 Å². The Labute approximate surface area is 276 Å². The second-order valence-electron chi connectivity index (χ2n) is 11.2. The summed E-state index contributed by atoms with van der Waals surface area (Å²) < 4.78 is 17.3. The van der Waals surface area contributed by atoms with Gasteiger partial charge in [-0.3, -0.25) is 9.59 Å². The van der Waals surface area contributed by atoms with Gasteiger partial charge in [0.25, 0.3) is 0 Å². The molecule has 0 spiro atoms. The third-order valence-electron chi connectivity index (χ3n) is 7.31. The van der Waals surface area contributed by atoms with Crippen LogP contribution in [0.3, 0.4) is 0 Å². The highest BCUT2D eigenvalue weighted by Gasteiger charge is 2.13. The SMILES string of the molecule is NC(CCCCC(=O)Cc1ccc(OCc2ccccc2)cc1OCc1ccccc1)NC(=O)CCNC(=O)OCc1ccccc1. The molecule has 4 aromatic carbocycles. The third kappa shape index (κ3) is 13.4. The number of ether oxygens (including phenoxy) is 3. The molecular formula is C38H43N3O6. The average Bonchev–Trinajstić information content (AvgIpc) is 3.09. The van der Waals surface area contributed by atoms with Crippen LogP contribution in [-0.4, -0.2) is 30.5 Å². The van der Waals surface area contributed by atoms with Crippen LogP contribution in [0, 0.1) is 0 Å². The Balaban J connectivity index is 1.15. The molecule has 0 aliphatic heterocycles. The van der Waals surface area contributed by atoms with Gasteiger partial charge in [-0.15, -0.1) is 0 Å². The maximum absolute atomic E-state index is 12.9. The molecular weight excluding hydrogens is 594 g/mol. The number of Topliss-reactive ketones (excluding diaryl/α,β-unsaturated/α-hetero) is 1. The van der Waals surface area contributed by atoms with E-state index in [2.05, 4.69) is 10.6 Å². The Hall–Kier alpha value is -5.15. The maximum atomic E-state index is 12.9. The van der Waals surface area contributed by atoms with E-state index in [9.17, 15) is 14.4 Å². The monoisotopic (exact) mass is 637 g/mol. The van der Waals surface area contributed by atoms with Crippen molar-refractivity contribution in [3.05, 3.63) is 131 Å². The Bertz CT molecular complexity index is 1530. The fourth-order valence-corrected chi connectivity index (χ4v) is 4.77. The van der Waals surface area contributed by atoms with E-state index >= 15 is 0 Å². The van der Waals surface area contributed by atoms with E-state index in [-0.39, 0.29) is 37.7 Å². The van der Waals surface area contributed by atoms with Gasteiger partial charge in [0.2, 0.25) is 5.91 Å². The van der Waals surface area contributed by atoms with Crippen molar-refractivity contribution in [2.75, 3.05) is 6.54 Å². The molecule has 0 aliphatic rings. The summed E-state index contributed by atoms with van der Waals surface area (Å²) in [5.74, 6) is 1.12. The number of carbonyl (C=O) groups is 3. The highest BCUT2D eigenvalue weighted by atomic mass is 16.5. The number of ketones is 1. The van der Waals surface area contributed by atoms with E-state index in [4.69, 9.17) is 19.9 Å². The Kier molecular flexibility index (Phi) is 14.3. The van der Waals surface area contributed by atoms with Crippen molar-refractivity contribution in [2.45, 2.75) is 64.5 Å². The highest BCUT2D eigenvalue weighted by molar-refractivity contribution is 5.81. The number of rotatable bonds is 19. The number of hydrogen-bond donors (Lipinski definition) is 3. The standard InChI is InChI=1S/C38H43N3O6/c39-36(41-37(43)22-23-40-38(44)47-28-31-16-8-3-9-17-31)19-11-10-18-33(42)24-32-20-21-34(45-26-29-12-4-1-5-13-29)25-35(32)46-27-30-14-6-2-7-15-30/h1-9,12-17,20-21,25,36H,10-11,18-19,22-24,26-28,39H2,(H,40,44)(H,41,43). The summed E-state index contributed by atoms with van der Waals surface area (Å²) in [5, 5.41) is 5.30. The van der Waals surface area contributed by atoms with Crippen molar-refractivity contribution < 1.29 is 28.6 Å². The summed E-state index contributed by atoms with van der Waals surface area (Å²) >= 11 is 0. The maximum Gasteiger partial charge on any atom is 0.407 e. The number of nitrogens with two attached hydrogens (primary N) is 1. The minimum absolute atomic E-state index is 0.0807. The molecule has 0 radical (unpaired) electrons. The zero-order valence-corrected chi connectivity index (χ0v) is 26.6. The van der Waals surface area contributed by atoms with E-state index in [1.165, 1.54) is 0 Å². The van der Waals surface area contributed by atoms with Gasteiger partial charge in [0.15, 0.2) is 0 Å². The van der Waals surface area contributed by atoms with Gasteiger partial charge in [-0.1, -0.05) is 97.1 Å². The topological polar surface area (TPSA) is 129 Å². The molecule has 1 atom stereocenters. The summed E-state index contributed by atoms with van der Waals surface area (Å²) in [6, 6.07) is 34.7. The highest BCUT2D eigenvalue weighted by Crippen LogP contribution is 2.28. The van der Waals surface area contributed by atoms with Crippen LogP contribution in [-0.2, 0) is 40.6 Å². The Morgan fingerprint density at radius 3 is 1.91 bits per heavy atom. The first kappa shape index (κ1) is 34.7. The molecule has 0 aliphatic carbocycles. The molecule has 9 nitrogen and oxygen atoms in total. The Morgan fingerprint density at radius 2 is 1.28 bits per heavy atom. The lowest BCUT2D eigenvalue weighted by molar-refractivity contribution is -0.122. The molecule has 9 heteroatoms. The molecule has 0 fully saturated rings. The summed E-state index contributed by atoms with van der Waals surface area (Å²) in [4.78, 5) is 37.0. The van der Waals surface area contributed by atoms with Crippen LogP contribution in [0.5, 0.6) is 11.5 Å². The first-order valence-corrected chi connectivity index (χ1v) is 15.9.